The summed E-state index contributed by atoms with van der Waals surface area (Å²) in [6, 6.07) is 3.57. The molecule has 1 aromatic rings. The number of aliphatic hydroxyl groups excluding tert-OH is 1. The zero-order chi connectivity index (χ0) is 13.3. The summed E-state index contributed by atoms with van der Waals surface area (Å²) in [5.41, 5.74) is -0.249. The van der Waals surface area contributed by atoms with Crippen LogP contribution in [0.2, 0.25) is 5.02 Å². The molecule has 1 aromatic carbocycles. The Labute approximate surface area is 107 Å². The zero-order valence-corrected chi connectivity index (χ0v) is 10.1. The fraction of sp³-hybridized carbons (Fsp3) is 0.500. The maximum absolute atomic E-state index is 12.5. The second-order valence-corrected chi connectivity index (χ2v) is 4.78. The molecule has 2 nitrogen and oxygen atoms in total. The first-order valence-corrected chi connectivity index (χ1v) is 5.89. The van der Waals surface area contributed by atoms with E-state index in [0.29, 0.717) is 18.4 Å². The number of hydrogen-bond donors (Lipinski definition) is 1. The lowest BCUT2D eigenvalue weighted by Crippen LogP contribution is -2.35. The quantitative estimate of drug-likeness (QED) is 0.919. The Kier molecular flexibility index (Phi) is 3.84. The van der Waals surface area contributed by atoms with Gasteiger partial charge in [0.05, 0.1) is 29.4 Å². The van der Waals surface area contributed by atoms with Crippen molar-refractivity contribution in [3.8, 4) is 0 Å². The van der Waals surface area contributed by atoms with Crippen LogP contribution in [0.1, 0.15) is 24.0 Å². The van der Waals surface area contributed by atoms with Gasteiger partial charge in [-0.15, -0.1) is 0 Å². The molecule has 6 heteroatoms. The summed E-state index contributed by atoms with van der Waals surface area (Å²) in [7, 11) is 0. The topological polar surface area (TPSA) is 29.5 Å². The van der Waals surface area contributed by atoms with Gasteiger partial charge in [0, 0.05) is 0 Å². The summed E-state index contributed by atoms with van der Waals surface area (Å²) in [4.78, 5) is 0. The third-order valence-corrected chi connectivity index (χ3v) is 3.21. The molecule has 0 aromatic heterocycles. The highest BCUT2D eigenvalue weighted by Gasteiger charge is 2.33. The molecule has 0 saturated heterocycles. The SMILES string of the molecule is O[C@H]1C[C@@H](OCc2ccc(C(F)(F)F)c(Cl)c2)C1. The van der Waals surface area contributed by atoms with E-state index >= 15 is 0 Å². The van der Waals surface area contributed by atoms with Crippen molar-refractivity contribution in [1.82, 2.24) is 0 Å². The second-order valence-electron chi connectivity index (χ2n) is 4.37. The highest BCUT2D eigenvalue weighted by atomic mass is 35.5. The molecule has 0 unspecified atom stereocenters. The Hall–Kier alpha value is -0.780. The summed E-state index contributed by atoms with van der Waals surface area (Å²) in [5, 5.41) is 8.74. The highest BCUT2D eigenvalue weighted by Crippen LogP contribution is 2.35. The van der Waals surface area contributed by atoms with E-state index in [9.17, 15) is 13.2 Å². The number of ether oxygens (including phenoxy) is 1. The minimum atomic E-state index is -4.44. The van der Waals surface area contributed by atoms with Gasteiger partial charge in [0.25, 0.3) is 0 Å². The lowest BCUT2D eigenvalue weighted by molar-refractivity contribution is -0.137. The molecule has 1 aliphatic carbocycles. The van der Waals surface area contributed by atoms with Crippen LogP contribution < -0.4 is 0 Å². The van der Waals surface area contributed by atoms with Gasteiger partial charge in [0.1, 0.15) is 0 Å². The van der Waals surface area contributed by atoms with Crippen molar-refractivity contribution in [3.05, 3.63) is 34.3 Å². The van der Waals surface area contributed by atoms with Crippen molar-refractivity contribution in [2.45, 2.75) is 37.8 Å². The van der Waals surface area contributed by atoms with Crippen molar-refractivity contribution in [2.75, 3.05) is 0 Å². The summed E-state index contributed by atoms with van der Waals surface area (Å²) in [6.07, 6.45) is -3.61. The van der Waals surface area contributed by atoms with Crippen LogP contribution in [-0.2, 0) is 17.5 Å². The number of aliphatic hydroxyl groups is 1. The fourth-order valence-corrected chi connectivity index (χ4v) is 2.08. The van der Waals surface area contributed by atoms with Crippen molar-refractivity contribution in [1.29, 1.82) is 0 Å². The lowest BCUT2D eigenvalue weighted by Gasteiger charge is -2.31. The summed E-state index contributed by atoms with van der Waals surface area (Å²) < 4.78 is 42.8. The lowest BCUT2D eigenvalue weighted by atomic mass is 9.92. The molecular formula is C12H12ClF3O2. The first-order valence-electron chi connectivity index (χ1n) is 5.51. The molecule has 0 atom stereocenters. The maximum Gasteiger partial charge on any atom is 0.417 e. The van der Waals surface area contributed by atoms with Crippen molar-refractivity contribution >= 4 is 11.6 Å². The third kappa shape index (κ3) is 3.16. The van der Waals surface area contributed by atoms with Gasteiger partial charge in [-0.2, -0.15) is 13.2 Å². The first-order chi connectivity index (χ1) is 8.36. The largest absolute Gasteiger partial charge is 0.417 e. The molecule has 1 fully saturated rings. The average Bonchev–Trinajstić information content (AvgIpc) is 2.21. The molecule has 0 spiro atoms. The Morgan fingerprint density at radius 1 is 1.33 bits per heavy atom. The summed E-state index contributed by atoms with van der Waals surface area (Å²) in [6.45, 7) is 0.204. The molecule has 18 heavy (non-hydrogen) atoms. The van der Waals surface area contributed by atoms with Gasteiger partial charge in [-0.1, -0.05) is 17.7 Å². The minimum Gasteiger partial charge on any atom is -0.393 e. The van der Waals surface area contributed by atoms with Gasteiger partial charge in [0.2, 0.25) is 0 Å². The zero-order valence-electron chi connectivity index (χ0n) is 9.38. The Morgan fingerprint density at radius 2 is 2.00 bits per heavy atom. The van der Waals surface area contributed by atoms with E-state index in [-0.39, 0.29) is 23.8 Å². The number of rotatable bonds is 3. The average molecular weight is 281 g/mol. The fourth-order valence-electron chi connectivity index (χ4n) is 1.77. The van der Waals surface area contributed by atoms with Crippen LogP contribution in [0.4, 0.5) is 13.2 Å². The molecule has 1 N–H and O–H groups in total. The second kappa shape index (κ2) is 5.07. The summed E-state index contributed by atoms with van der Waals surface area (Å²) >= 11 is 5.58. The van der Waals surface area contributed by atoms with Crippen LogP contribution in [0.3, 0.4) is 0 Å². The number of hydrogen-bond acceptors (Lipinski definition) is 2. The molecule has 100 valence electrons. The van der Waals surface area contributed by atoms with Gasteiger partial charge in [0.15, 0.2) is 0 Å². The molecule has 2 rings (SSSR count). The van der Waals surface area contributed by atoms with Crippen LogP contribution in [0.25, 0.3) is 0 Å². The summed E-state index contributed by atoms with van der Waals surface area (Å²) in [5.74, 6) is 0. The third-order valence-electron chi connectivity index (χ3n) is 2.89. The van der Waals surface area contributed by atoms with Crippen LogP contribution in [0, 0.1) is 0 Å². The Balaban J connectivity index is 1.96. The monoisotopic (exact) mass is 280 g/mol. The van der Waals surface area contributed by atoms with Gasteiger partial charge in [-0.25, -0.2) is 0 Å². The van der Waals surface area contributed by atoms with E-state index in [1.54, 1.807) is 0 Å². The van der Waals surface area contributed by atoms with Crippen molar-refractivity contribution in [2.24, 2.45) is 0 Å². The van der Waals surface area contributed by atoms with E-state index in [1.165, 1.54) is 12.1 Å². The maximum atomic E-state index is 12.5. The van der Waals surface area contributed by atoms with Crippen molar-refractivity contribution in [3.63, 3.8) is 0 Å². The smallest absolute Gasteiger partial charge is 0.393 e. The van der Waals surface area contributed by atoms with Crippen LogP contribution in [-0.4, -0.2) is 17.3 Å². The molecule has 1 saturated carbocycles. The highest BCUT2D eigenvalue weighted by molar-refractivity contribution is 6.31. The van der Waals surface area contributed by atoms with E-state index < -0.39 is 11.7 Å². The number of benzene rings is 1. The first kappa shape index (κ1) is 13.6. The van der Waals surface area contributed by atoms with Crippen molar-refractivity contribution < 1.29 is 23.0 Å². The van der Waals surface area contributed by atoms with E-state index in [4.69, 9.17) is 21.4 Å². The molecular weight excluding hydrogens is 269 g/mol. The molecule has 0 radical (unpaired) electrons. The number of halogens is 4. The molecule has 0 amide bonds. The Bertz CT molecular complexity index is 428. The predicted molar refractivity (Wildman–Crippen MR) is 60.3 cm³/mol. The van der Waals surface area contributed by atoms with Gasteiger partial charge in [-0.3, -0.25) is 0 Å². The van der Waals surface area contributed by atoms with Gasteiger partial charge >= 0.3 is 6.18 Å². The number of alkyl halides is 3. The molecule has 0 heterocycles. The minimum absolute atomic E-state index is 0.0129. The van der Waals surface area contributed by atoms with Crippen LogP contribution in [0.15, 0.2) is 18.2 Å². The molecule has 1 aliphatic rings. The van der Waals surface area contributed by atoms with Crippen LogP contribution >= 0.6 is 11.6 Å². The van der Waals surface area contributed by atoms with E-state index in [2.05, 4.69) is 0 Å². The Morgan fingerprint density at radius 3 is 2.50 bits per heavy atom. The van der Waals surface area contributed by atoms with Crippen LogP contribution in [0.5, 0.6) is 0 Å². The van der Waals surface area contributed by atoms with Gasteiger partial charge in [-0.05, 0) is 30.5 Å². The van der Waals surface area contributed by atoms with Gasteiger partial charge < -0.3 is 9.84 Å². The van der Waals surface area contributed by atoms with E-state index in [0.717, 1.165) is 6.07 Å². The normalized spacial score (nSPS) is 23.8. The van der Waals surface area contributed by atoms with E-state index in [1.807, 2.05) is 0 Å². The molecule has 0 aliphatic heterocycles. The molecule has 0 bridgehead atoms. The standard InChI is InChI=1S/C12H12ClF3O2/c13-11-3-7(1-2-10(11)12(14,15)16)6-18-9-4-8(17)5-9/h1-3,8-9,17H,4-6H2/t8-,9+. The predicted octanol–water partition coefficient (Wildman–Crippen LogP) is 3.40.